The normalized spacial score (nSPS) is 12.0. The Morgan fingerprint density at radius 2 is 1.56 bits per heavy atom. The van der Waals surface area contributed by atoms with Crippen molar-refractivity contribution < 1.29 is 22.4 Å². The van der Waals surface area contributed by atoms with Gasteiger partial charge in [0.1, 0.15) is 5.82 Å². The summed E-state index contributed by atoms with van der Waals surface area (Å²) in [6.45, 7) is 5.10. The molecule has 1 atom stereocenters. The van der Waals surface area contributed by atoms with Crippen LogP contribution in [0.15, 0.2) is 71.6 Å². The molecule has 0 spiro atoms. The number of hydrogen-bond donors (Lipinski definition) is 3. The number of carbonyl (C=O) groups is 2. The molecule has 3 rings (SSSR count). The van der Waals surface area contributed by atoms with E-state index in [1.54, 1.807) is 19.1 Å². The lowest BCUT2D eigenvalue weighted by molar-refractivity contribution is -0.115. The number of sulfonamides is 1. The summed E-state index contributed by atoms with van der Waals surface area (Å²) < 4.78 is 41.0. The number of rotatable bonds is 8. The highest BCUT2D eigenvalue weighted by Gasteiger charge is 2.16. The van der Waals surface area contributed by atoms with Crippen molar-refractivity contribution in [2.45, 2.75) is 38.1 Å². The Balaban J connectivity index is 1.63. The number of halogens is 1. The summed E-state index contributed by atoms with van der Waals surface area (Å²) in [4.78, 5) is 24.1. The number of amides is 2. The third-order valence-corrected chi connectivity index (χ3v) is 6.58. The molecule has 0 aliphatic carbocycles. The molecule has 1 unspecified atom stereocenters. The van der Waals surface area contributed by atoms with Gasteiger partial charge in [-0.3, -0.25) is 14.3 Å². The van der Waals surface area contributed by atoms with E-state index in [-0.39, 0.29) is 34.0 Å². The van der Waals surface area contributed by atoms with Gasteiger partial charge in [0, 0.05) is 23.4 Å². The largest absolute Gasteiger partial charge is 0.346 e. The summed E-state index contributed by atoms with van der Waals surface area (Å²) in [5, 5.41) is 5.66. The molecule has 0 fully saturated rings. The van der Waals surface area contributed by atoms with Gasteiger partial charge in [0.15, 0.2) is 0 Å². The van der Waals surface area contributed by atoms with Crippen molar-refractivity contribution >= 4 is 33.2 Å². The Kier molecular flexibility index (Phi) is 7.68. The van der Waals surface area contributed by atoms with Crippen LogP contribution < -0.4 is 15.4 Å². The van der Waals surface area contributed by atoms with E-state index >= 15 is 0 Å². The van der Waals surface area contributed by atoms with E-state index in [9.17, 15) is 22.4 Å². The number of nitrogens with one attached hydrogen (secondary N) is 3. The molecule has 0 radical (unpaired) electrons. The quantitative estimate of drug-likeness (QED) is 0.429. The van der Waals surface area contributed by atoms with Crippen LogP contribution in [0.4, 0.5) is 15.8 Å². The third-order valence-electron chi connectivity index (χ3n) is 5.20. The topological polar surface area (TPSA) is 104 Å². The molecule has 0 aliphatic heterocycles. The standard InChI is InChI=1S/C25H26FN3O4S/c1-4-24(30)28-20-9-5-18(6-10-20)17(3)27-25(31)19-7-11-21(12-8-19)29-34(32,33)22-13-14-23(26)16(2)15-22/h5-15,17,29H,4H2,1-3H3,(H,27,31)(H,28,30). The first kappa shape index (κ1) is 24.9. The molecule has 3 N–H and O–H groups in total. The predicted octanol–water partition coefficient (Wildman–Crippen LogP) is 4.77. The number of carbonyl (C=O) groups excluding carboxylic acids is 2. The van der Waals surface area contributed by atoms with Crippen LogP contribution in [0, 0.1) is 12.7 Å². The molecule has 34 heavy (non-hydrogen) atoms. The van der Waals surface area contributed by atoms with Gasteiger partial charge in [0.05, 0.1) is 10.9 Å². The van der Waals surface area contributed by atoms with Gasteiger partial charge in [-0.05, 0) is 79.6 Å². The molecule has 3 aromatic rings. The molecule has 0 aliphatic rings. The molecule has 0 aromatic heterocycles. The zero-order valence-electron chi connectivity index (χ0n) is 19.1. The lowest BCUT2D eigenvalue weighted by Gasteiger charge is -2.15. The first-order valence-electron chi connectivity index (χ1n) is 10.7. The highest BCUT2D eigenvalue weighted by Crippen LogP contribution is 2.20. The van der Waals surface area contributed by atoms with E-state index in [0.29, 0.717) is 17.7 Å². The van der Waals surface area contributed by atoms with Crippen LogP contribution in [-0.4, -0.2) is 20.2 Å². The minimum absolute atomic E-state index is 0.0534. The van der Waals surface area contributed by atoms with Crippen molar-refractivity contribution in [1.29, 1.82) is 0 Å². The van der Waals surface area contributed by atoms with E-state index in [1.807, 2.05) is 19.1 Å². The zero-order valence-corrected chi connectivity index (χ0v) is 19.9. The predicted molar refractivity (Wildman–Crippen MR) is 130 cm³/mol. The Morgan fingerprint density at radius 1 is 0.941 bits per heavy atom. The molecule has 0 saturated carbocycles. The van der Waals surface area contributed by atoms with Crippen molar-refractivity contribution in [3.05, 3.63) is 89.2 Å². The highest BCUT2D eigenvalue weighted by molar-refractivity contribution is 7.92. The van der Waals surface area contributed by atoms with Crippen LogP contribution in [-0.2, 0) is 14.8 Å². The maximum atomic E-state index is 13.4. The van der Waals surface area contributed by atoms with Crippen LogP contribution in [0.3, 0.4) is 0 Å². The van der Waals surface area contributed by atoms with Crippen molar-refractivity contribution in [2.24, 2.45) is 0 Å². The monoisotopic (exact) mass is 483 g/mol. The minimum atomic E-state index is -3.90. The Labute approximate surface area is 198 Å². The average Bonchev–Trinajstić information content (AvgIpc) is 2.81. The number of aryl methyl sites for hydroxylation is 1. The van der Waals surface area contributed by atoms with Crippen LogP contribution in [0.25, 0.3) is 0 Å². The molecule has 0 heterocycles. The Morgan fingerprint density at radius 3 is 2.15 bits per heavy atom. The molecule has 178 valence electrons. The SMILES string of the molecule is CCC(=O)Nc1ccc(C(C)NC(=O)c2ccc(NS(=O)(=O)c3ccc(F)c(C)c3)cc2)cc1. The number of benzene rings is 3. The van der Waals surface area contributed by atoms with Crippen molar-refractivity contribution in [3.8, 4) is 0 Å². The fourth-order valence-corrected chi connectivity index (χ4v) is 4.30. The van der Waals surface area contributed by atoms with Crippen LogP contribution in [0.1, 0.15) is 47.8 Å². The Bertz CT molecular complexity index is 1290. The summed E-state index contributed by atoms with van der Waals surface area (Å²) in [5.41, 5.74) is 2.41. The van der Waals surface area contributed by atoms with Gasteiger partial charge in [-0.15, -0.1) is 0 Å². The lowest BCUT2D eigenvalue weighted by atomic mass is 10.1. The fraction of sp³-hybridized carbons (Fsp3) is 0.200. The Hall–Kier alpha value is -3.72. The fourth-order valence-electron chi connectivity index (χ4n) is 3.16. The number of hydrogen-bond acceptors (Lipinski definition) is 4. The zero-order chi connectivity index (χ0) is 24.9. The molecular weight excluding hydrogens is 457 g/mol. The van der Waals surface area contributed by atoms with Crippen LogP contribution >= 0.6 is 0 Å². The summed E-state index contributed by atoms with van der Waals surface area (Å²) >= 11 is 0. The molecular formula is C25H26FN3O4S. The smallest absolute Gasteiger partial charge is 0.261 e. The number of anilines is 2. The van der Waals surface area contributed by atoms with Gasteiger partial charge >= 0.3 is 0 Å². The van der Waals surface area contributed by atoms with Crippen LogP contribution in [0.2, 0.25) is 0 Å². The second-order valence-electron chi connectivity index (χ2n) is 7.81. The van der Waals surface area contributed by atoms with Crippen molar-refractivity contribution in [2.75, 3.05) is 10.0 Å². The molecule has 2 amide bonds. The molecule has 9 heteroatoms. The summed E-state index contributed by atoms with van der Waals surface area (Å²) in [5.74, 6) is -0.880. The summed E-state index contributed by atoms with van der Waals surface area (Å²) in [6, 6.07) is 16.5. The van der Waals surface area contributed by atoms with Gasteiger partial charge in [0.2, 0.25) is 5.91 Å². The minimum Gasteiger partial charge on any atom is -0.346 e. The average molecular weight is 484 g/mol. The van der Waals surface area contributed by atoms with Gasteiger partial charge < -0.3 is 10.6 Å². The second-order valence-corrected chi connectivity index (χ2v) is 9.50. The summed E-state index contributed by atoms with van der Waals surface area (Å²) in [7, 11) is -3.90. The van der Waals surface area contributed by atoms with E-state index in [2.05, 4.69) is 15.4 Å². The van der Waals surface area contributed by atoms with Crippen molar-refractivity contribution in [1.82, 2.24) is 5.32 Å². The molecule has 3 aromatic carbocycles. The first-order valence-corrected chi connectivity index (χ1v) is 12.2. The van der Waals surface area contributed by atoms with Gasteiger partial charge in [-0.2, -0.15) is 0 Å². The van der Waals surface area contributed by atoms with Gasteiger partial charge in [-0.1, -0.05) is 19.1 Å². The van der Waals surface area contributed by atoms with E-state index in [1.165, 1.54) is 43.3 Å². The maximum absolute atomic E-state index is 13.4. The van der Waals surface area contributed by atoms with Gasteiger partial charge in [0.25, 0.3) is 15.9 Å². The highest BCUT2D eigenvalue weighted by atomic mass is 32.2. The van der Waals surface area contributed by atoms with Crippen molar-refractivity contribution in [3.63, 3.8) is 0 Å². The molecule has 0 saturated heterocycles. The van der Waals surface area contributed by atoms with E-state index < -0.39 is 15.8 Å². The second kappa shape index (κ2) is 10.5. The van der Waals surface area contributed by atoms with E-state index in [0.717, 1.165) is 11.6 Å². The van der Waals surface area contributed by atoms with Gasteiger partial charge in [-0.25, -0.2) is 12.8 Å². The summed E-state index contributed by atoms with van der Waals surface area (Å²) in [6.07, 6.45) is 0.389. The third kappa shape index (κ3) is 6.20. The van der Waals surface area contributed by atoms with Crippen LogP contribution in [0.5, 0.6) is 0 Å². The first-order chi connectivity index (χ1) is 16.1. The maximum Gasteiger partial charge on any atom is 0.261 e. The molecule has 7 nitrogen and oxygen atoms in total. The van der Waals surface area contributed by atoms with E-state index in [4.69, 9.17) is 0 Å². The molecule has 0 bridgehead atoms. The lowest BCUT2D eigenvalue weighted by Crippen LogP contribution is -2.26.